The topological polar surface area (TPSA) is 47.6 Å². The van der Waals surface area contributed by atoms with E-state index >= 15 is 0 Å². The maximum atomic E-state index is 5.54. The second kappa shape index (κ2) is 5.02. The fraction of sp³-hybridized carbons (Fsp3) is 0.700. The van der Waals surface area contributed by atoms with Gasteiger partial charge in [-0.1, -0.05) is 0 Å². The van der Waals surface area contributed by atoms with E-state index in [0.717, 1.165) is 30.9 Å². The first-order valence-corrected chi connectivity index (χ1v) is 4.78. The molecule has 1 aliphatic heterocycles. The number of aliphatic imine (C=N–C) groups is 1. The highest BCUT2D eigenvalue weighted by molar-refractivity contribution is 5.93. The van der Waals surface area contributed by atoms with E-state index in [-0.39, 0.29) is 6.23 Å². The van der Waals surface area contributed by atoms with Crippen LogP contribution in [0, 0.1) is 0 Å². The van der Waals surface area contributed by atoms with Gasteiger partial charge in [-0.3, -0.25) is 4.99 Å². The number of hydrogen-bond acceptors (Lipinski definition) is 3. The molecule has 0 bridgehead atoms. The van der Waals surface area contributed by atoms with Crippen LogP contribution in [0.25, 0.3) is 0 Å². The molecule has 1 unspecified atom stereocenters. The van der Waals surface area contributed by atoms with E-state index in [1.165, 1.54) is 6.42 Å². The van der Waals surface area contributed by atoms with Crippen LogP contribution < -0.4 is 5.73 Å². The molecule has 0 amide bonds. The van der Waals surface area contributed by atoms with Gasteiger partial charge in [-0.05, 0) is 39.2 Å². The van der Waals surface area contributed by atoms with Gasteiger partial charge in [-0.2, -0.15) is 0 Å². The molecule has 0 aromatic heterocycles. The summed E-state index contributed by atoms with van der Waals surface area (Å²) >= 11 is 0. The summed E-state index contributed by atoms with van der Waals surface area (Å²) in [6, 6.07) is 0. The molecule has 3 nitrogen and oxygen atoms in total. The Kier molecular flexibility index (Phi) is 3.96. The molecular weight excluding hydrogens is 164 g/mol. The molecule has 2 N–H and O–H groups in total. The minimum absolute atomic E-state index is 0.0596. The van der Waals surface area contributed by atoms with Crippen LogP contribution >= 0.6 is 0 Å². The Bertz CT molecular complexity index is 211. The van der Waals surface area contributed by atoms with Crippen molar-refractivity contribution in [3.8, 4) is 0 Å². The lowest BCUT2D eigenvalue weighted by molar-refractivity contribution is 0.0224. The predicted molar refractivity (Wildman–Crippen MR) is 54.6 cm³/mol. The molecule has 0 saturated carbocycles. The number of hydrogen-bond donors (Lipinski definition) is 1. The van der Waals surface area contributed by atoms with Gasteiger partial charge in [-0.25, -0.2) is 0 Å². The third-order valence-corrected chi connectivity index (χ3v) is 1.94. The molecule has 1 atom stereocenters. The van der Waals surface area contributed by atoms with Gasteiger partial charge in [0.05, 0.1) is 0 Å². The SMILES string of the molecule is CC(N)=CC(C)=NC1CCCCO1. The molecule has 0 aromatic carbocycles. The van der Waals surface area contributed by atoms with Crippen molar-refractivity contribution in [3.05, 3.63) is 11.8 Å². The molecule has 1 saturated heterocycles. The summed E-state index contributed by atoms with van der Waals surface area (Å²) in [5.74, 6) is 0. The Morgan fingerprint density at radius 2 is 2.23 bits per heavy atom. The van der Waals surface area contributed by atoms with Crippen LogP contribution in [0.3, 0.4) is 0 Å². The monoisotopic (exact) mass is 182 g/mol. The zero-order valence-corrected chi connectivity index (χ0v) is 8.42. The van der Waals surface area contributed by atoms with Crippen molar-refractivity contribution >= 4 is 5.71 Å². The molecule has 1 fully saturated rings. The normalized spacial score (nSPS) is 26.2. The van der Waals surface area contributed by atoms with Crippen molar-refractivity contribution in [2.45, 2.75) is 39.3 Å². The van der Waals surface area contributed by atoms with Gasteiger partial charge >= 0.3 is 0 Å². The van der Waals surface area contributed by atoms with E-state index in [0.29, 0.717) is 0 Å². The standard InChI is InChI=1S/C10H18N2O/c1-8(11)7-9(2)12-10-5-3-4-6-13-10/h7,10H,3-6,11H2,1-2H3. The number of rotatable bonds is 2. The Morgan fingerprint density at radius 1 is 1.46 bits per heavy atom. The zero-order valence-electron chi connectivity index (χ0n) is 8.42. The molecule has 0 radical (unpaired) electrons. The van der Waals surface area contributed by atoms with Gasteiger partial charge in [0, 0.05) is 18.0 Å². The second-order valence-electron chi connectivity index (χ2n) is 3.48. The largest absolute Gasteiger partial charge is 0.402 e. The smallest absolute Gasteiger partial charge is 0.148 e. The molecule has 1 rings (SSSR count). The number of allylic oxidation sites excluding steroid dienone is 2. The number of ether oxygens (including phenoxy) is 1. The van der Waals surface area contributed by atoms with Crippen molar-refractivity contribution in [2.24, 2.45) is 10.7 Å². The summed E-state index contributed by atoms with van der Waals surface area (Å²) in [5, 5.41) is 0. The lowest BCUT2D eigenvalue weighted by Gasteiger charge is -2.19. The van der Waals surface area contributed by atoms with Crippen molar-refractivity contribution in [1.29, 1.82) is 0 Å². The van der Waals surface area contributed by atoms with E-state index in [1.807, 2.05) is 19.9 Å². The average Bonchev–Trinajstić information content (AvgIpc) is 2.04. The van der Waals surface area contributed by atoms with Crippen LogP contribution in [0.1, 0.15) is 33.1 Å². The first-order valence-electron chi connectivity index (χ1n) is 4.78. The average molecular weight is 182 g/mol. The summed E-state index contributed by atoms with van der Waals surface area (Å²) in [6.45, 7) is 4.65. The van der Waals surface area contributed by atoms with E-state index in [2.05, 4.69) is 4.99 Å². The summed E-state index contributed by atoms with van der Waals surface area (Å²) in [5.41, 5.74) is 7.28. The third kappa shape index (κ3) is 4.08. The van der Waals surface area contributed by atoms with Gasteiger partial charge in [0.1, 0.15) is 6.23 Å². The molecule has 1 heterocycles. The highest BCUT2D eigenvalue weighted by Gasteiger charge is 2.11. The quantitative estimate of drug-likeness (QED) is 0.662. The van der Waals surface area contributed by atoms with Crippen LogP contribution in [-0.4, -0.2) is 18.5 Å². The summed E-state index contributed by atoms with van der Waals surface area (Å²) in [6.07, 6.45) is 5.35. The highest BCUT2D eigenvalue weighted by atomic mass is 16.5. The van der Waals surface area contributed by atoms with E-state index in [4.69, 9.17) is 10.5 Å². The minimum atomic E-state index is 0.0596. The maximum Gasteiger partial charge on any atom is 0.148 e. The van der Waals surface area contributed by atoms with E-state index < -0.39 is 0 Å². The highest BCUT2D eigenvalue weighted by Crippen LogP contribution is 2.13. The van der Waals surface area contributed by atoms with Crippen molar-refractivity contribution in [2.75, 3.05) is 6.61 Å². The molecular formula is C10H18N2O. The van der Waals surface area contributed by atoms with Crippen LogP contribution in [0.15, 0.2) is 16.8 Å². The maximum absolute atomic E-state index is 5.54. The van der Waals surface area contributed by atoms with Gasteiger partial charge in [0.2, 0.25) is 0 Å². The molecule has 13 heavy (non-hydrogen) atoms. The molecule has 74 valence electrons. The first-order chi connectivity index (χ1) is 6.18. The van der Waals surface area contributed by atoms with Gasteiger partial charge in [-0.15, -0.1) is 0 Å². The van der Waals surface area contributed by atoms with Gasteiger partial charge in [0.15, 0.2) is 0 Å². The lowest BCUT2D eigenvalue weighted by atomic mass is 10.2. The fourth-order valence-corrected chi connectivity index (χ4v) is 1.42. The molecule has 0 spiro atoms. The fourth-order valence-electron chi connectivity index (χ4n) is 1.42. The van der Waals surface area contributed by atoms with Crippen LogP contribution in [0.2, 0.25) is 0 Å². The predicted octanol–water partition coefficient (Wildman–Crippen LogP) is 1.84. The lowest BCUT2D eigenvalue weighted by Crippen LogP contribution is -2.17. The third-order valence-electron chi connectivity index (χ3n) is 1.94. The number of nitrogens with two attached hydrogens (primary N) is 1. The van der Waals surface area contributed by atoms with Gasteiger partial charge < -0.3 is 10.5 Å². The molecule has 1 aliphatic rings. The van der Waals surface area contributed by atoms with Crippen LogP contribution in [0.4, 0.5) is 0 Å². The summed E-state index contributed by atoms with van der Waals surface area (Å²) < 4.78 is 5.47. The minimum Gasteiger partial charge on any atom is -0.402 e. The number of nitrogens with zero attached hydrogens (tertiary/aromatic N) is 1. The zero-order chi connectivity index (χ0) is 9.68. The van der Waals surface area contributed by atoms with Gasteiger partial charge in [0.25, 0.3) is 0 Å². The van der Waals surface area contributed by atoms with Crippen LogP contribution in [-0.2, 0) is 4.74 Å². The second-order valence-corrected chi connectivity index (χ2v) is 3.48. The summed E-state index contributed by atoms with van der Waals surface area (Å²) in [7, 11) is 0. The van der Waals surface area contributed by atoms with E-state index in [1.54, 1.807) is 0 Å². The summed E-state index contributed by atoms with van der Waals surface area (Å²) in [4.78, 5) is 4.41. The van der Waals surface area contributed by atoms with Crippen LogP contribution in [0.5, 0.6) is 0 Å². The molecule has 0 aliphatic carbocycles. The van der Waals surface area contributed by atoms with Crippen molar-refractivity contribution in [1.82, 2.24) is 0 Å². The Labute approximate surface area is 79.7 Å². The van der Waals surface area contributed by atoms with Crippen molar-refractivity contribution in [3.63, 3.8) is 0 Å². The Balaban J connectivity index is 2.48. The van der Waals surface area contributed by atoms with E-state index in [9.17, 15) is 0 Å². The molecule has 3 heteroatoms. The Hall–Kier alpha value is -0.830. The Morgan fingerprint density at radius 3 is 2.77 bits per heavy atom. The molecule has 0 aromatic rings. The first kappa shape index (κ1) is 10.3. The van der Waals surface area contributed by atoms with Crippen molar-refractivity contribution < 1.29 is 4.74 Å².